The van der Waals surface area contributed by atoms with Crippen LogP contribution < -0.4 is 0 Å². The molecular formula is HB3F13-3. The van der Waals surface area contributed by atoms with E-state index >= 15 is 0 Å². The summed E-state index contributed by atoms with van der Waals surface area (Å²) < 4.78 is 117. The SMILES string of the molecule is F.F[B-](F)(F)F.F[B-](F)(F)F.F[B-](F)(F)F. The van der Waals surface area contributed by atoms with Crippen molar-refractivity contribution in [1.82, 2.24) is 0 Å². The number of hydrogen-bond donors (Lipinski definition) is 0. The zero-order chi connectivity index (χ0) is 13.5. The molecule has 0 aliphatic carbocycles. The normalized spacial score (nSPS) is 11.2. The third kappa shape index (κ3) is 3920. The minimum Gasteiger partial charge on any atom is -0.418 e. The van der Waals surface area contributed by atoms with E-state index in [0.29, 0.717) is 0 Å². The lowest BCUT2D eigenvalue weighted by Crippen LogP contribution is -2.02. The van der Waals surface area contributed by atoms with E-state index in [0.717, 1.165) is 0 Å². The second-order valence-electron chi connectivity index (χ2n) is 1.48. The first kappa shape index (κ1) is 24.5. The van der Waals surface area contributed by atoms with Crippen molar-refractivity contribution in [2.24, 2.45) is 0 Å². The van der Waals surface area contributed by atoms with Crippen LogP contribution in [0.15, 0.2) is 0 Å². The Morgan fingerprint density at radius 2 is 0.312 bits per heavy atom. The Hall–Kier alpha value is -0.715. The molecule has 0 radical (unpaired) electrons. The molecule has 0 atom stereocenters. The second kappa shape index (κ2) is 8.44. The Morgan fingerprint density at radius 1 is 0.312 bits per heavy atom. The number of rotatable bonds is 0. The van der Waals surface area contributed by atoms with Crippen molar-refractivity contribution in [3.05, 3.63) is 0 Å². The van der Waals surface area contributed by atoms with Gasteiger partial charge in [0.2, 0.25) is 0 Å². The van der Waals surface area contributed by atoms with Crippen LogP contribution in [-0.2, 0) is 0 Å². The zero-order valence-electron chi connectivity index (χ0n) is 6.68. The van der Waals surface area contributed by atoms with Crippen LogP contribution in [-0.4, -0.2) is 21.8 Å². The van der Waals surface area contributed by atoms with Gasteiger partial charge in [0, 0.05) is 0 Å². The Balaban J connectivity index is -0.0000000655. The summed E-state index contributed by atoms with van der Waals surface area (Å²) in [6, 6.07) is 0. The Kier molecular flexibility index (Phi) is 12.9. The summed E-state index contributed by atoms with van der Waals surface area (Å²) >= 11 is 0. The molecule has 0 aliphatic heterocycles. The number of halogens is 13. The van der Waals surface area contributed by atoms with Crippen LogP contribution in [0.4, 0.5) is 56.5 Å². The van der Waals surface area contributed by atoms with E-state index in [1.54, 1.807) is 0 Å². The van der Waals surface area contributed by atoms with Crippen LogP contribution in [0.3, 0.4) is 0 Å². The molecule has 0 nitrogen and oxygen atoms in total. The third-order valence-corrected chi connectivity index (χ3v) is 0. The molecule has 0 unspecified atom stereocenters. The predicted molar refractivity (Wildman–Crippen MR) is 33.1 cm³/mol. The highest BCUT2D eigenvalue weighted by Gasteiger charge is 2.21. The summed E-state index contributed by atoms with van der Waals surface area (Å²) in [5, 5.41) is 0. The molecule has 16 heavy (non-hydrogen) atoms. The standard InChI is InChI=1S/3BF4.FH/c3*2-1(3,4)5;/h;;;1H/q3*-1;. The van der Waals surface area contributed by atoms with Crippen molar-refractivity contribution >= 4 is 21.8 Å². The average Bonchev–Trinajstić information content (AvgIpc) is 1.41. The fraction of sp³-hybridized carbons (Fsp3) is 0. The minimum atomic E-state index is -6.00. The van der Waals surface area contributed by atoms with E-state index in [4.69, 9.17) is 0 Å². The predicted octanol–water partition coefficient (Wildman–Crippen LogP) is 4.05. The third-order valence-electron chi connectivity index (χ3n) is 0. The molecule has 0 N–H and O–H groups in total. The molecule has 0 bridgehead atoms. The van der Waals surface area contributed by atoms with Gasteiger partial charge in [-0.25, -0.2) is 0 Å². The van der Waals surface area contributed by atoms with Gasteiger partial charge in [-0.05, 0) is 0 Å². The maximum Gasteiger partial charge on any atom is 0.673 e. The lowest BCUT2D eigenvalue weighted by atomic mass is 10.3. The van der Waals surface area contributed by atoms with Gasteiger partial charge in [-0.15, -0.1) is 0 Å². The van der Waals surface area contributed by atoms with Crippen LogP contribution in [0.25, 0.3) is 0 Å². The van der Waals surface area contributed by atoms with Gasteiger partial charge in [0.05, 0.1) is 0 Å². The summed E-state index contributed by atoms with van der Waals surface area (Å²) in [7, 11) is -18.0. The van der Waals surface area contributed by atoms with E-state index < -0.39 is 21.8 Å². The first-order valence-electron chi connectivity index (χ1n) is 2.62. The Labute approximate surface area is 79.7 Å². The maximum absolute atomic E-state index is 9.75. The molecule has 0 aromatic heterocycles. The maximum atomic E-state index is 9.75. The fourth-order valence-electron chi connectivity index (χ4n) is 0. The van der Waals surface area contributed by atoms with Gasteiger partial charge in [0.1, 0.15) is 0 Å². The first-order valence-corrected chi connectivity index (χ1v) is 2.62. The van der Waals surface area contributed by atoms with E-state index in [1.165, 1.54) is 0 Å². The van der Waals surface area contributed by atoms with Gasteiger partial charge in [0.25, 0.3) is 0 Å². The van der Waals surface area contributed by atoms with Crippen LogP contribution >= 0.6 is 0 Å². The Morgan fingerprint density at radius 3 is 0.312 bits per heavy atom. The van der Waals surface area contributed by atoms with E-state index in [1.807, 2.05) is 0 Å². The molecule has 0 spiro atoms. The highest BCUT2D eigenvalue weighted by Crippen LogP contribution is 2.07. The molecule has 0 heterocycles. The van der Waals surface area contributed by atoms with E-state index in [2.05, 4.69) is 0 Å². The van der Waals surface area contributed by atoms with Gasteiger partial charge in [0.15, 0.2) is 0 Å². The monoisotopic (exact) mass is 281 g/mol. The summed E-state index contributed by atoms with van der Waals surface area (Å²) in [5.41, 5.74) is 0. The zero-order valence-corrected chi connectivity index (χ0v) is 6.68. The van der Waals surface area contributed by atoms with Gasteiger partial charge >= 0.3 is 21.8 Å². The molecule has 0 aromatic carbocycles. The molecule has 16 heteroatoms. The smallest absolute Gasteiger partial charge is 0.418 e. The summed E-state index contributed by atoms with van der Waals surface area (Å²) in [4.78, 5) is 0. The van der Waals surface area contributed by atoms with E-state index in [-0.39, 0.29) is 4.70 Å². The molecule has 0 fully saturated rings. The van der Waals surface area contributed by atoms with Crippen molar-refractivity contribution in [2.75, 3.05) is 0 Å². The Bertz CT molecular complexity index is 86.2. The van der Waals surface area contributed by atoms with Crippen LogP contribution in [0.5, 0.6) is 0 Å². The van der Waals surface area contributed by atoms with Crippen molar-refractivity contribution in [3.8, 4) is 0 Å². The highest BCUT2D eigenvalue weighted by molar-refractivity contribution is 6.50. The highest BCUT2D eigenvalue weighted by atomic mass is 19.5. The summed E-state index contributed by atoms with van der Waals surface area (Å²) in [5.74, 6) is 0. The quantitative estimate of drug-likeness (QED) is 0.464. The molecule has 0 rings (SSSR count). The first-order chi connectivity index (χ1) is 6.00. The van der Waals surface area contributed by atoms with Gasteiger partial charge < -0.3 is 51.8 Å². The fourth-order valence-corrected chi connectivity index (χ4v) is 0. The second-order valence-corrected chi connectivity index (χ2v) is 1.48. The molecule has 0 saturated heterocycles. The van der Waals surface area contributed by atoms with Gasteiger partial charge in [-0.3, -0.25) is 4.70 Å². The van der Waals surface area contributed by atoms with Crippen molar-refractivity contribution < 1.29 is 56.5 Å². The van der Waals surface area contributed by atoms with Gasteiger partial charge in [-0.2, -0.15) is 0 Å². The van der Waals surface area contributed by atoms with Crippen LogP contribution in [0.1, 0.15) is 0 Å². The molecule has 0 amide bonds. The largest absolute Gasteiger partial charge is 0.673 e. The molecule has 0 aromatic rings. The van der Waals surface area contributed by atoms with Crippen LogP contribution in [0, 0.1) is 0 Å². The van der Waals surface area contributed by atoms with Crippen molar-refractivity contribution in [2.45, 2.75) is 0 Å². The summed E-state index contributed by atoms with van der Waals surface area (Å²) in [6.07, 6.45) is 0. The minimum absolute atomic E-state index is 0. The van der Waals surface area contributed by atoms with Crippen molar-refractivity contribution in [3.63, 3.8) is 0 Å². The molecule has 104 valence electrons. The van der Waals surface area contributed by atoms with Crippen molar-refractivity contribution in [1.29, 1.82) is 0 Å². The molecule has 0 saturated carbocycles. The number of hydrogen-bond acceptors (Lipinski definition) is 0. The molecular weight excluding hydrogens is 279 g/mol. The summed E-state index contributed by atoms with van der Waals surface area (Å²) in [6.45, 7) is 0. The van der Waals surface area contributed by atoms with Crippen LogP contribution in [0.2, 0.25) is 0 Å². The lowest BCUT2D eigenvalue weighted by molar-refractivity contribution is 0.366. The average molecular weight is 280 g/mol. The van der Waals surface area contributed by atoms with Gasteiger partial charge in [-0.1, -0.05) is 0 Å². The lowest BCUT2D eigenvalue weighted by Gasteiger charge is -1.94. The molecule has 0 aliphatic rings. The van der Waals surface area contributed by atoms with E-state index in [9.17, 15) is 51.8 Å². The topological polar surface area (TPSA) is 0 Å².